The number of amides is 3. The first-order valence-electron chi connectivity index (χ1n) is 16.7. The molecule has 6 atom stereocenters. The quantitative estimate of drug-likeness (QED) is 0.194. The molecule has 1 spiro atoms. The van der Waals surface area contributed by atoms with Crippen molar-refractivity contribution in [2.45, 2.75) is 96.4 Å². The zero-order chi connectivity index (χ0) is 32.9. The Morgan fingerprint density at radius 2 is 1.80 bits per heavy atom. The maximum absolute atomic E-state index is 14.7. The molecule has 9 heteroatoms. The predicted molar refractivity (Wildman–Crippen MR) is 176 cm³/mol. The number of benzene rings is 1. The number of rotatable bonds is 17. The molecule has 3 aliphatic rings. The number of anilines is 1. The second kappa shape index (κ2) is 14.5. The van der Waals surface area contributed by atoms with E-state index in [4.69, 9.17) is 9.47 Å². The molecule has 45 heavy (non-hydrogen) atoms. The zero-order valence-corrected chi connectivity index (χ0v) is 27.9. The minimum Gasteiger partial charge on any atom is -0.494 e. The van der Waals surface area contributed by atoms with Gasteiger partial charge in [0.15, 0.2) is 0 Å². The minimum atomic E-state index is -1.17. The number of aliphatic hydroxyl groups is 1. The summed E-state index contributed by atoms with van der Waals surface area (Å²) in [5, 5.41) is 10.6. The van der Waals surface area contributed by atoms with Crippen LogP contribution in [0.25, 0.3) is 0 Å². The summed E-state index contributed by atoms with van der Waals surface area (Å²) in [5.74, 6) is -1.50. The molecule has 0 aromatic heterocycles. The maximum Gasteiger partial charge on any atom is 0.248 e. The summed E-state index contributed by atoms with van der Waals surface area (Å²) in [6.07, 6.45) is 7.75. The highest BCUT2D eigenvalue weighted by atomic mass is 16.5. The Balaban J connectivity index is 1.79. The molecule has 0 radical (unpaired) electrons. The van der Waals surface area contributed by atoms with Gasteiger partial charge in [0.05, 0.1) is 36.7 Å². The molecule has 9 nitrogen and oxygen atoms in total. The Labute approximate surface area is 269 Å². The van der Waals surface area contributed by atoms with Crippen LogP contribution in [0, 0.1) is 17.8 Å². The zero-order valence-electron chi connectivity index (χ0n) is 27.9. The van der Waals surface area contributed by atoms with Crippen LogP contribution in [0.3, 0.4) is 0 Å². The van der Waals surface area contributed by atoms with E-state index in [9.17, 15) is 19.5 Å². The van der Waals surface area contributed by atoms with Crippen molar-refractivity contribution < 1.29 is 29.0 Å². The van der Waals surface area contributed by atoms with Gasteiger partial charge in [0.25, 0.3) is 0 Å². The molecule has 1 aromatic rings. The molecular weight excluding hydrogens is 570 g/mol. The number of unbranched alkanes of at least 4 members (excludes halogenated alkanes) is 2. The highest BCUT2D eigenvalue weighted by molar-refractivity contribution is 6.03. The van der Waals surface area contributed by atoms with E-state index in [0.717, 1.165) is 19.3 Å². The summed E-state index contributed by atoms with van der Waals surface area (Å²) >= 11 is 0. The molecule has 248 valence electrons. The van der Waals surface area contributed by atoms with Crippen LogP contribution in [0.1, 0.15) is 73.1 Å². The number of hydrogen-bond acceptors (Lipinski definition) is 6. The summed E-state index contributed by atoms with van der Waals surface area (Å²) in [5.41, 5.74) is -1.43. The number of likely N-dealkylation sites (tertiary alicyclic amines) is 1. The Morgan fingerprint density at radius 3 is 2.38 bits per heavy atom. The number of aliphatic hydroxyl groups excluding tert-OH is 1. The third kappa shape index (κ3) is 6.43. The van der Waals surface area contributed by atoms with Gasteiger partial charge in [-0.25, -0.2) is 0 Å². The number of nitrogens with zero attached hydrogens (tertiary/aromatic N) is 3. The average molecular weight is 624 g/mol. The number of fused-ring (bicyclic) bond motifs is 1. The van der Waals surface area contributed by atoms with Gasteiger partial charge < -0.3 is 29.3 Å². The van der Waals surface area contributed by atoms with E-state index in [1.807, 2.05) is 52.0 Å². The molecule has 3 heterocycles. The van der Waals surface area contributed by atoms with E-state index >= 15 is 0 Å². The first kappa shape index (κ1) is 34.7. The van der Waals surface area contributed by atoms with Gasteiger partial charge in [-0.3, -0.25) is 14.4 Å². The SMILES string of the molecule is C=CCN(CCCCC)C(=O)C1N([C@@H](CO)CC(C)C)C(=O)[C@@H]2[C@H](C(=O)N(CC=C)c3ccc(OCC)cc3)[C@]3(C)CCC12O3. The lowest BCUT2D eigenvalue weighted by Gasteiger charge is -2.40. The van der Waals surface area contributed by atoms with E-state index in [1.54, 1.807) is 26.9 Å². The van der Waals surface area contributed by atoms with Crippen molar-refractivity contribution in [1.29, 1.82) is 0 Å². The molecule has 2 bridgehead atoms. The van der Waals surface area contributed by atoms with Crippen LogP contribution in [0.15, 0.2) is 49.6 Å². The van der Waals surface area contributed by atoms with Crippen LogP contribution < -0.4 is 9.64 Å². The van der Waals surface area contributed by atoms with E-state index < -0.39 is 35.1 Å². The van der Waals surface area contributed by atoms with Gasteiger partial charge >= 0.3 is 0 Å². The third-order valence-corrected chi connectivity index (χ3v) is 9.79. The van der Waals surface area contributed by atoms with Crippen molar-refractivity contribution in [3.05, 3.63) is 49.6 Å². The molecule has 0 saturated carbocycles. The van der Waals surface area contributed by atoms with Crippen molar-refractivity contribution in [2.24, 2.45) is 17.8 Å². The molecule has 1 N–H and O–H groups in total. The second-order valence-electron chi connectivity index (χ2n) is 13.4. The monoisotopic (exact) mass is 623 g/mol. The molecule has 3 saturated heterocycles. The molecular formula is C36H53N3O6. The van der Waals surface area contributed by atoms with E-state index in [0.29, 0.717) is 50.4 Å². The lowest BCUT2D eigenvalue weighted by atomic mass is 9.66. The third-order valence-electron chi connectivity index (χ3n) is 9.79. The topological polar surface area (TPSA) is 99.6 Å². The summed E-state index contributed by atoms with van der Waals surface area (Å²) in [7, 11) is 0. The largest absolute Gasteiger partial charge is 0.494 e. The molecule has 4 rings (SSSR count). The summed E-state index contributed by atoms with van der Waals surface area (Å²) in [4.78, 5) is 49.1. The van der Waals surface area contributed by atoms with Crippen LogP contribution >= 0.6 is 0 Å². The van der Waals surface area contributed by atoms with Gasteiger partial charge in [0.2, 0.25) is 17.7 Å². The molecule has 2 unspecified atom stereocenters. The fraction of sp³-hybridized carbons (Fsp3) is 0.639. The normalized spacial score (nSPS) is 27.4. The summed E-state index contributed by atoms with van der Waals surface area (Å²) < 4.78 is 12.5. The van der Waals surface area contributed by atoms with Gasteiger partial charge in [0, 0.05) is 25.3 Å². The first-order valence-corrected chi connectivity index (χ1v) is 16.7. The van der Waals surface area contributed by atoms with Crippen LogP contribution in [-0.2, 0) is 19.1 Å². The van der Waals surface area contributed by atoms with Crippen molar-refractivity contribution in [2.75, 3.05) is 37.7 Å². The standard InChI is InChI=1S/C36H53N3O6/c1-8-12-13-22-37(20-9-2)34(43)31-36-19-18-35(7,45-36)29(30(36)33(42)39(31)27(24-40)23-25(5)6)32(41)38(21-10-3)26-14-16-28(17-15-26)44-11-4/h9-10,14-17,25,27,29-31,40H,2-3,8,11-13,18-24H2,1,4-7H3/t27-,29-,30+,31?,35+,36?/m1/s1. The molecule has 3 fully saturated rings. The Morgan fingerprint density at radius 1 is 1.11 bits per heavy atom. The van der Waals surface area contributed by atoms with Crippen molar-refractivity contribution >= 4 is 23.4 Å². The minimum absolute atomic E-state index is 0.174. The molecule has 3 aliphatic heterocycles. The van der Waals surface area contributed by atoms with Gasteiger partial charge in [0.1, 0.15) is 17.4 Å². The van der Waals surface area contributed by atoms with Crippen LogP contribution in [0.2, 0.25) is 0 Å². The summed E-state index contributed by atoms with van der Waals surface area (Å²) in [6, 6.07) is 5.80. The average Bonchev–Trinajstić information content (AvgIpc) is 3.58. The van der Waals surface area contributed by atoms with E-state index in [2.05, 4.69) is 20.1 Å². The molecule has 0 aliphatic carbocycles. The van der Waals surface area contributed by atoms with Crippen LogP contribution in [0.4, 0.5) is 5.69 Å². The predicted octanol–water partition coefficient (Wildman–Crippen LogP) is 4.98. The Bertz CT molecular complexity index is 1230. The smallest absolute Gasteiger partial charge is 0.248 e. The van der Waals surface area contributed by atoms with E-state index in [-0.39, 0.29) is 36.8 Å². The van der Waals surface area contributed by atoms with Crippen molar-refractivity contribution in [3.63, 3.8) is 0 Å². The Kier molecular flexibility index (Phi) is 11.2. The lowest BCUT2D eigenvalue weighted by molar-refractivity contribution is -0.155. The Hall–Kier alpha value is -3.17. The molecule has 1 aromatic carbocycles. The molecule has 3 amide bonds. The van der Waals surface area contributed by atoms with Gasteiger partial charge in [-0.2, -0.15) is 0 Å². The number of carbonyl (C=O) groups is 3. The highest BCUT2D eigenvalue weighted by Crippen LogP contribution is 2.64. The van der Waals surface area contributed by atoms with Crippen LogP contribution in [-0.4, -0.2) is 88.8 Å². The van der Waals surface area contributed by atoms with Crippen LogP contribution in [0.5, 0.6) is 5.75 Å². The van der Waals surface area contributed by atoms with Gasteiger partial charge in [-0.05, 0) is 69.7 Å². The fourth-order valence-corrected chi connectivity index (χ4v) is 7.91. The first-order chi connectivity index (χ1) is 21.5. The summed E-state index contributed by atoms with van der Waals surface area (Å²) in [6.45, 7) is 19.2. The lowest BCUT2D eigenvalue weighted by Crippen LogP contribution is -2.59. The highest BCUT2D eigenvalue weighted by Gasteiger charge is 2.78. The second-order valence-corrected chi connectivity index (χ2v) is 13.4. The van der Waals surface area contributed by atoms with Gasteiger partial charge in [-0.1, -0.05) is 45.8 Å². The van der Waals surface area contributed by atoms with E-state index in [1.165, 1.54) is 0 Å². The fourth-order valence-electron chi connectivity index (χ4n) is 7.91. The van der Waals surface area contributed by atoms with Gasteiger partial charge in [-0.15, -0.1) is 13.2 Å². The number of hydrogen-bond donors (Lipinski definition) is 1. The van der Waals surface area contributed by atoms with Crippen molar-refractivity contribution in [3.8, 4) is 5.75 Å². The maximum atomic E-state index is 14.7. The van der Waals surface area contributed by atoms with Crippen molar-refractivity contribution in [1.82, 2.24) is 9.80 Å². The number of carbonyl (C=O) groups excluding carboxylic acids is 3. The number of ether oxygens (including phenoxy) is 2.